The summed E-state index contributed by atoms with van der Waals surface area (Å²) in [7, 11) is 0. The standard InChI is InChI=1S/C22H30N4O2S3/c1-12(27)22(4)11-31-20(26-22)21(2,3)17(28)15-9-30-19(24-15)16-10-29-18(25-16)13-7-5-6-8-14(13)23/h5-8,15-17,19,24,28H,9-11,23H2,1-4H3/t15?,16-,17-,19?,22-/m1/s1. The van der Waals surface area contributed by atoms with Gasteiger partial charge < -0.3 is 10.8 Å². The van der Waals surface area contributed by atoms with E-state index in [0.717, 1.165) is 32.8 Å². The summed E-state index contributed by atoms with van der Waals surface area (Å²) in [6.07, 6.45) is -0.604. The van der Waals surface area contributed by atoms with Crippen LogP contribution in [0.5, 0.6) is 0 Å². The summed E-state index contributed by atoms with van der Waals surface area (Å²) in [4.78, 5) is 21.7. The lowest BCUT2D eigenvalue weighted by atomic mass is 9.83. The first-order valence-electron chi connectivity index (χ1n) is 10.5. The van der Waals surface area contributed by atoms with Gasteiger partial charge in [-0.25, -0.2) is 0 Å². The van der Waals surface area contributed by atoms with Gasteiger partial charge in [-0.15, -0.1) is 35.3 Å². The highest BCUT2D eigenvalue weighted by atomic mass is 32.2. The molecule has 0 spiro atoms. The van der Waals surface area contributed by atoms with Gasteiger partial charge >= 0.3 is 0 Å². The maximum atomic E-state index is 12.0. The number of ketones is 1. The molecule has 0 amide bonds. The average molecular weight is 479 g/mol. The number of hydrogen-bond acceptors (Lipinski definition) is 9. The number of carbonyl (C=O) groups excluding carboxylic acids is 1. The van der Waals surface area contributed by atoms with E-state index >= 15 is 0 Å². The van der Waals surface area contributed by atoms with Gasteiger partial charge in [0.2, 0.25) is 0 Å². The molecule has 3 heterocycles. The van der Waals surface area contributed by atoms with Gasteiger partial charge in [0.25, 0.3) is 0 Å². The van der Waals surface area contributed by atoms with Gasteiger partial charge in [-0.1, -0.05) is 32.0 Å². The van der Waals surface area contributed by atoms with Gasteiger partial charge in [0.15, 0.2) is 5.78 Å². The Morgan fingerprint density at radius 1 is 1.32 bits per heavy atom. The van der Waals surface area contributed by atoms with Crippen LogP contribution in [-0.4, -0.2) is 67.3 Å². The number of hydrogen-bond donors (Lipinski definition) is 3. The Bertz CT molecular complexity index is 935. The summed E-state index contributed by atoms with van der Waals surface area (Å²) in [5, 5.41) is 16.9. The van der Waals surface area contributed by atoms with E-state index in [4.69, 9.17) is 15.7 Å². The molecule has 3 aliphatic rings. The monoisotopic (exact) mass is 478 g/mol. The first-order chi connectivity index (χ1) is 14.6. The predicted molar refractivity (Wildman–Crippen MR) is 136 cm³/mol. The molecule has 168 valence electrons. The maximum absolute atomic E-state index is 12.0. The Balaban J connectivity index is 1.43. The second-order valence-electron chi connectivity index (χ2n) is 9.13. The Kier molecular flexibility index (Phi) is 6.53. The maximum Gasteiger partial charge on any atom is 0.157 e. The third-order valence-corrected chi connectivity index (χ3v) is 10.4. The highest BCUT2D eigenvalue weighted by molar-refractivity contribution is 8.15. The van der Waals surface area contributed by atoms with Gasteiger partial charge in [-0.2, -0.15) is 0 Å². The van der Waals surface area contributed by atoms with E-state index < -0.39 is 17.1 Å². The molecule has 9 heteroatoms. The first-order valence-corrected chi connectivity index (χ1v) is 13.5. The van der Waals surface area contributed by atoms with E-state index in [2.05, 4.69) is 5.32 Å². The molecule has 1 aromatic rings. The number of benzene rings is 1. The van der Waals surface area contributed by atoms with Crippen molar-refractivity contribution in [3.05, 3.63) is 29.8 Å². The average Bonchev–Trinajstić information content (AvgIpc) is 3.47. The van der Waals surface area contributed by atoms with Crippen molar-refractivity contribution >= 4 is 56.8 Å². The quantitative estimate of drug-likeness (QED) is 0.540. The zero-order valence-corrected chi connectivity index (χ0v) is 20.7. The number of nitrogens with zero attached hydrogens (tertiary/aromatic N) is 2. The second kappa shape index (κ2) is 8.74. The number of aliphatic imine (C=N–C) groups is 2. The van der Waals surface area contributed by atoms with E-state index in [-0.39, 0.29) is 23.2 Å². The van der Waals surface area contributed by atoms with Crippen LogP contribution in [0.25, 0.3) is 0 Å². The smallest absolute Gasteiger partial charge is 0.157 e. The third-order valence-electron chi connectivity index (χ3n) is 6.32. The SMILES string of the molecule is CC(=O)[C@@]1(C)CSC(C(C)(C)[C@H](O)C2CSC([C@H]3CSC(c4ccccc4N)=N3)N2)=N1. The number of rotatable bonds is 6. The first kappa shape index (κ1) is 23.2. The fourth-order valence-corrected chi connectivity index (χ4v) is 8.00. The number of aliphatic hydroxyl groups is 1. The zero-order valence-electron chi connectivity index (χ0n) is 18.3. The van der Waals surface area contributed by atoms with Gasteiger partial charge in [0.05, 0.1) is 22.6 Å². The topological polar surface area (TPSA) is 100 Å². The molecule has 0 aromatic heterocycles. The van der Waals surface area contributed by atoms with Crippen molar-refractivity contribution in [1.29, 1.82) is 0 Å². The molecule has 6 nitrogen and oxygen atoms in total. The van der Waals surface area contributed by atoms with Crippen molar-refractivity contribution in [2.75, 3.05) is 23.0 Å². The van der Waals surface area contributed by atoms with Crippen molar-refractivity contribution < 1.29 is 9.90 Å². The Hall–Kier alpha value is -1.00. The molecule has 2 unspecified atom stereocenters. The van der Waals surface area contributed by atoms with Crippen molar-refractivity contribution in [2.24, 2.45) is 15.4 Å². The van der Waals surface area contributed by atoms with E-state index in [9.17, 15) is 9.90 Å². The molecule has 3 aliphatic heterocycles. The lowest BCUT2D eigenvalue weighted by Crippen LogP contribution is -2.51. The molecular weight excluding hydrogens is 448 g/mol. The van der Waals surface area contributed by atoms with Crippen LogP contribution in [0.4, 0.5) is 5.69 Å². The van der Waals surface area contributed by atoms with Gasteiger partial charge in [-0.05, 0) is 19.9 Å². The van der Waals surface area contributed by atoms with Crippen molar-refractivity contribution in [2.45, 2.75) is 56.8 Å². The molecule has 4 rings (SSSR count). The molecule has 1 saturated heterocycles. The molecule has 0 radical (unpaired) electrons. The van der Waals surface area contributed by atoms with Gasteiger partial charge in [0.1, 0.15) is 10.6 Å². The van der Waals surface area contributed by atoms with Crippen LogP contribution in [0.1, 0.15) is 33.3 Å². The van der Waals surface area contributed by atoms with E-state index in [1.807, 2.05) is 56.8 Å². The third kappa shape index (κ3) is 4.44. The Morgan fingerprint density at radius 2 is 2.06 bits per heavy atom. The summed E-state index contributed by atoms with van der Waals surface area (Å²) in [5.74, 6) is 2.43. The number of thioether (sulfide) groups is 3. The van der Waals surface area contributed by atoms with Crippen LogP contribution in [0.3, 0.4) is 0 Å². The van der Waals surface area contributed by atoms with Crippen LogP contribution in [0.15, 0.2) is 34.3 Å². The van der Waals surface area contributed by atoms with Crippen molar-refractivity contribution in [3.63, 3.8) is 0 Å². The number of nitrogens with two attached hydrogens (primary N) is 1. The van der Waals surface area contributed by atoms with Crippen LogP contribution >= 0.6 is 35.3 Å². The van der Waals surface area contributed by atoms with Crippen molar-refractivity contribution in [1.82, 2.24) is 5.32 Å². The molecule has 4 N–H and O–H groups in total. The number of Topliss-reactive ketones (excluding diaryl/α,β-unsaturated/α-hetero) is 1. The number of para-hydroxylation sites is 1. The molecule has 5 atom stereocenters. The summed E-state index contributed by atoms with van der Waals surface area (Å²) in [6, 6.07) is 7.93. The minimum absolute atomic E-state index is 0.0523. The molecular formula is C22H30N4O2S3. The Morgan fingerprint density at radius 3 is 2.74 bits per heavy atom. The van der Waals surface area contributed by atoms with E-state index in [0.29, 0.717) is 5.75 Å². The predicted octanol–water partition coefficient (Wildman–Crippen LogP) is 3.04. The molecule has 0 bridgehead atoms. The summed E-state index contributed by atoms with van der Waals surface area (Å²) < 4.78 is 0. The number of anilines is 1. The number of nitrogen functional groups attached to an aromatic ring is 1. The summed E-state index contributed by atoms with van der Waals surface area (Å²) in [6.45, 7) is 7.52. The highest BCUT2D eigenvalue weighted by Gasteiger charge is 2.47. The lowest BCUT2D eigenvalue weighted by Gasteiger charge is -2.34. The van der Waals surface area contributed by atoms with E-state index in [1.165, 1.54) is 0 Å². The van der Waals surface area contributed by atoms with Crippen LogP contribution in [0.2, 0.25) is 0 Å². The minimum Gasteiger partial charge on any atom is -0.398 e. The van der Waals surface area contributed by atoms with Crippen LogP contribution in [0, 0.1) is 5.41 Å². The normalized spacial score (nSPS) is 32.1. The van der Waals surface area contributed by atoms with Crippen LogP contribution in [-0.2, 0) is 4.79 Å². The molecule has 31 heavy (non-hydrogen) atoms. The Labute approximate surface area is 196 Å². The van der Waals surface area contributed by atoms with Crippen LogP contribution < -0.4 is 11.1 Å². The number of nitrogens with one attached hydrogen (secondary N) is 1. The molecule has 1 fully saturated rings. The second-order valence-corrected chi connectivity index (χ2v) is 12.3. The fourth-order valence-electron chi connectivity index (χ4n) is 3.94. The lowest BCUT2D eigenvalue weighted by molar-refractivity contribution is -0.120. The number of carbonyl (C=O) groups is 1. The summed E-state index contributed by atoms with van der Waals surface area (Å²) >= 11 is 5.15. The fraction of sp³-hybridized carbons (Fsp3) is 0.591. The van der Waals surface area contributed by atoms with E-state index in [1.54, 1.807) is 30.4 Å². The highest BCUT2D eigenvalue weighted by Crippen LogP contribution is 2.41. The molecule has 1 aromatic carbocycles. The zero-order chi connectivity index (χ0) is 22.4. The largest absolute Gasteiger partial charge is 0.398 e. The van der Waals surface area contributed by atoms with Gasteiger partial charge in [0, 0.05) is 40.0 Å². The summed E-state index contributed by atoms with van der Waals surface area (Å²) in [5.41, 5.74) is 6.67. The minimum atomic E-state index is -0.678. The molecule has 0 saturated carbocycles. The van der Waals surface area contributed by atoms with Crippen molar-refractivity contribution in [3.8, 4) is 0 Å². The van der Waals surface area contributed by atoms with Gasteiger partial charge in [-0.3, -0.25) is 20.1 Å². The molecule has 0 aliphatic carbocycles. The number of aliphatic hydroxyl groups excluding tert-OH is 1.